The van der Waals surface area contributed by atoms with Gasteiger partial charge in [-0.05, 0) is 52.9 Å². The summed E-state index contributed by atoms with van der Waals surface area (Å²) in [5, 5.41) is 6.27. The Morgan fingerprint density at radius 2 is 1.97 bits per heavy atom. The molecule has 0 spiro atoms. The molecule has 1 aromatic heterocycles. The minimum absolute atomic E-state index is 0.0548. The molecule has 0 saturated carbocycles. The molecule has 1 aromatic carbocycles. The summed E-state index contributed by atoms with van der Waals surface area (Å²) >= 11 is 3.36. The Kier molecular flexibility index (Phi) is 5.95. The van der Waals surface area contributed by atoms with Gasteiger partial charge in [0.15, 0.2) is 5.78 Å². The van der Waals surface area contributed by atoms with Gasteiger partial charge in [0.05, 0.1) is 13.0 Å². The zero-order chi connectivity index (χ0) is 23.0. The summed E-state index contributed by atoms with van der Waals surface area (Å²) in [5.41, 5.74) is 3.40. The van der Waals surface area contributed by atoms with Crippen LogP contribution in [0.2, 0.25) is 0 Å². The Labute approximate surface area is 196 Å². The standard InChI is InChI=1S/C25H26BrN3O3/c1-14-21(24(31)29-20-10-9-15(26)13-27-20)22(16-7-5-6-8-19(16)32-4)23-17(28-14)11-25(2,3)12-18(23)30/h5-10,13,22,28H,11-12H2,1-4H3,(H,27,29,31). The number of Topliss-reactive ketones (excluding diaryl/α,β-unsaturated/α-hetero) is 1. The molecule has 1 amide bonds. The van der Waals surface area contributed by atoms with Crippen molar-refractivity contribution in [3.63, 3.8) is 0 Å². The molecule has 0 bridgehead atoms. The number of nitrogens with one attached hydrogen (secondary N) is 2. The van der Waals surface area contributed by atoms with Crippen molar-refractivity contribution in [3.8, 4) is 5.75 Å². The lowest BCUT2D eigenvalue weighted by Gasteiger charge is -2.39. The molecule has 1 unspecified atom stereocenters. The van der Waals surface area contributed by atoms with Crippen LogP contribution in [0.25, 0.3) is 0 Å². The zero-order valence-electron chi connectivity index (χ0n) is 18.6. The summed E-state index contributed by atoms with van der Waals surface area (Å²) in [6, 6.07) is 11.1. The number of halogens is 1. The molecule has 2 heterocycles. The van der Waals surface area contributed by atoms with Crippen LogP contribution >= 0.6 is 15.9 Å². The zero-order valence-corrected chi connectivity index (χ0v) is 20.2. The molecule has 166 valence electrons. The smallest absolute Gasteiger partial charge is 0.255 e. The van der Waals surface area contributed by atoms with Gasteiger partial charge in [-0.15, -0.1) is 0 Å². The molecule has 1 atom stereocenters. The van der Waals surface area contributed by atoms with Gasteiger partial charge in [0.2, 0.25) is 0 Å². The number of ketones is 1. The van der Waals surface area contributed by atoms with Crippen molar-refractivity contribution in [3.05, 3.63) is 75.2 Å². The fraction of sp³-hybridized carbons (Fsp3) is 0.320. The third-order valence-corrected chi connectivity index (χ3v) is 6.37. The van der Waals surface area contributed by atoms with E-state index in [1.165, 1.54) is 0 Å². The highest BCUT2D eigenvalue weighted by atomic mass is 79.9. The Bertz CT molecular complexity index is 1150. The Morgan fingerprint density at radius 1 is 1.22 bits per heavy atom. The number of dihydropyridines is 1. The minimum atomic E-state index is -0.526. The number of benzene rings is 1. The predicted molar refractivity (Wildman–Crippen MR) is 127 cm³/mol. The Morgan fingerprint density at radius 3 is 2.66 bits per heavy atom. The van der Waals surface area contributed by atoms with Gasteiger partial charge in [-0.2, -0.15) is 0 Å². The van der Waals surface area contributed by atoms with Crippen molar-refractivity contribution in [2.45, 2.75) is 39.5 Å². The molecule has 2 aromatic rings. The minimum Gasteiger partial charge on any atom is -0.496 e. The lowest BCUT2D eigenvalue weighted by atomic mass is 9.68. The summed E-state index contributed by atoms with van der Waals surface area (Å²) < 4.78 is 6.44. The van der Waals surface area contributed by atoms with Gasteiger partial charge in [-0.1, -0.05) is 32.0 Å². The van der Waals surface area contributed by atoms with E-state index in [4.69, 9.17) is 4.74 Å². The number of methoxy groups -OCH3 is 1. The maximum atomic E-state index is 13.5. The Balaban J connectivity index is 1.83. The van der Waals surface area contributed by atoms with Gasteiger partial charge in [0.25, 0.3) is 5.91 Å². The molecule has 32 heavy (non-hydrogen) atoms. The van der Waals surface area contributed by atoms with Gasteiger partial charge < -0.3 is 15.4 Å². The van der Waals surface area contributed by atoms with Crippen LogP contribution in [-0.4, -0.2) is 23.8 Å². The average molecular weight is 496 g/mol. The van der Waals surface area contributed by atoms with Crippen molar-refractivity contribution < 1.29 is 14.3 Å². The van der Waals surface area contributed by atoms with Crippen LogP contribution in [0.15, 0.2) is 69.6 Å². The Hall–Kier alpha value is -2.93. The highest BCUT2D eigenvalue weighted by Crippen LogP contribution is 2.48. The van der Waals surface area contributed by atoms with E-state index in [2.05, 4.69) is 45.4 Å². The number of pyridine rings is 1. The molecule has 0 radical (unpaired) electrons. The van der Waals surface area contributed by atoms with Crippen LogP contribution in [0.1, 0.15) is 45.1 Å². The second kappa shape index (κ2) is 8.54. The molecule has 6 nitrogen and oxygen atoms in total. The summed E-state index contributed by atoms with van der Waals surface area (Å²) in [5.74, 6) is 0.308. The van der Waals surface area contributed by atoms with Crippen molar-refractivity contribution in [2.24, 2.45) is 5.41 Å². The molecular weight excluding hydrogens is 470 g/mol. The third kappa shape index (κ3) is 4.21. The second-order valence-electron chi connectivity index (χ2n) is 8.99. The fourth-order valence-electron chi connectivity index (χ4n) is 4.59. The van der Waals surface area contributed by atoms with Gasteiger partial charge in [-0.25, -0.2) is 4.98 Å². The van der Waals surface area contributed by atoms with Crippen LogP contribution in [0.3, 0.4) is 0 Å². The van der Waals surface area contributed by atoms with Crippen molar-refractivity contribution in [2.75, 3.05) is 12.4 Å². The summed E-state index contributed by atoms with van der Waals surface area (Å²) in [6.45, 7) is 6.06. The van der Waals surface area contributed by atoms with Crippen LogP contribution in [0.4, 0.5) is 5.82 Å². The lowest BCUT2D eigenvalue weighted by molar-refractivity contribution is -0.118. The molecule has 1 aliphatic heterocycles. The number of para-hydroxylation sites is 1. The molecule has 4 rings (SSSR count). The van der Waals surface area contributed by atoms with Crippen LogP contribution in [0.5, 0.6) is 5.75 Å². The molecule has 0 saturated heterocycles. The molecule has 2 N–H and O–H groups in total. The molecule has 1 aliphatic carbocycles. The number of ether oxygens (including phenoxy) is 1. The highest BCUT2D eigenvalue weighted by Gasteiger charge is 2.43. The van der Waals surface area contributed by atoms with Crippen molar-refractivity contribution in [1.29, 1.82) is 0 Å². The number of carbonyl (C=O) groups is 2. The van der Waals surface area contributed by atoms with E-state index < -0.39 is 5.92 Å². The van der Waals surface area contributed by atoms with Gasteiger partial charge in [0.1, 0.15) is 11.6 Å². The first-order valence-corrected chi connectivity index (χ1v) is 11.3. The van der Waals surface area contributed by atoms with Crippen LogP contribution in [0, 0.1) is 5.41 Å². The first-order valence-electron chi connectivity index (χ1n) is 10.5. The van der Waals surface area contributed by atoms with Crippen molar-refractivity contribution in [1.82, 2.24) is 10.3 Å². The highest BCUT2D eigenvalue weighted by molar-refractivity contribution is 9.10. The van der Waals surface area contributed by atoms with Crippen LogP contribution in [-0.2, 0) is 9.59 Å². The first kappa shape index (κ1) is 22.3. The monoisotopic (exact) mass is 495 g/mol. The van der Waals surface area contributed by atoms with E-state index in [0.29, 0.717) is 29.1 Å². The number of aromatic nitrogens is 1. The number of hydrogen-bond acceptors (Lipinski definition) is 5. The number of hydrogen-bond donors (Lipinski definition) is 2. The van der Waals surface area contributed by atoms with E-state index in [9.17, 15) is 9.59 Å². The number of anilines is 1. The predicted octanol–water partition coefficient (Wildman–Crippen LogP) is 5.10. The largest absolute Gasteiger partial charge is 0.496 e. The lowest BCUT2D eigenvalue weighted by Crippen LogP contribution is -2.39. The second-order valence-corrected chi connectivity index (χ2v) is 9.90. The number of rotatable bonds is 4. The van der Waals surface area contributed by atoms with Gasteiger partial charge >= 0.3 is 0 Å². The average Bonchev–Trinajstić information content (AvgIpc) is 2.73. The van der Waals surface area contributed by atoms with E-state index in [1.807, 2.05) is 37.3 Å². The summed E-state index contributed by atoms with van der Waals surface area (Å²) in [6.07, 6.45) is 2.79. The fourth-order valence-corrected chi connectivity index (χ4v) is 4.82. The number of allylic oxidation sites excluding steroid dienone is 3. The van der Waals surface area contributed by atoms with Gasteiger partial charge in [-0.3, -0.25) is 9.59 Å². The first-order chi connectivity index (χ1) is 15.2. The summed E-state index contributed by atoms with van der Waals surface area (Å²) in [4.78, 5) is 31.2. The maximum Gasteiger partial charge on any atom is 0.255 e. The normalized spacial score (nSPS) is 19.9. The van der Waals surface area contributed by atoms with E-state index >= 15 is 0 Å². The topological polar surface area (TPSA) is 80.3 Å². The molecule has 7 heteroatoms. The maximum absolute atomic E-state index is 13.5. The number of nitrogens with zero attached hydrogens (tertiary/aromatic N) is 1. The van der Waals surface area contributed by atoms with Crippen molar-refractivity contribution >= 4 is 33.4 Å². The number of carbonyl (C=O) groups excluding carboxylic acids is 2. The molecular formula is C25H26BrN3O3. The SMILES string of the molecule is COc1ccccc1C1C(C(=O)Nc2ccc(Br)cn2)=C(C)NC2=C1C(=O)CC(C)(C)C2. The summed E-state index contributed by atoms with van der Waals surface area (Å²) in [7, 11) is 1.60. The quantitative estimate of drug-likeness (QED) is 0.616. The van der Waals surface area contributed by atoms with Crippen LogP contribution < -0.4 is 15.4 Å². The third-order valence-electron chi connectivity index (χ3n) is 5.90. The van der Waals surface area contributed by atoms with Gasteiger partial charge in [0, 0.05) is 45.2 Å². The molecule has 0 fully saturated rings. The van der Waals surface area contributed by atoms with E-state index in [1.54, 1.807) is 19.4 Å². The van der Waals surface area contributed by atoms with E-state index in [-0.39, 0.29) is 17.1 Å². The number of amides is 1. The molecule has 2 aliphatic rings. The van der Waals surface area contributed by atoms with E-state index in [0.717, 1.165) is 27.9 Å².